The molecule has 2 heteroatoms. The zero-order valence-corrected chi connectivity index (χ0v) is 10.9. The summed E-state index contributed by atoms with van der Waals surface area (Å²) in [6.45, 7) is 13.9. The van der Waals surface area contributed by atoms with Crippen LogP contribution in [0.3, 0.4) is 0 Å². The summed E-state index contributed by atoms with van der Waals surface area (Å²) in [6.07, 6.45) is 1.06. The highest BCUT2D eigenvalue weighted by Gasteiger charge is 2.26. The predicted molar refractivity (Wildman–Crippen MR) is 62.6 cm³/mol. The van der Waals surface area contributed by atoms with Crippen molar-refractivity contribution < 1.29 is 4.74 Å². The molecule has 0 spiro atoms. The molecule has 0 saturated carbocycles. The summed E-state index contributed by atoms with van der Waals surface area (Å²) >= 11 is 0. The van der Waals surface area contributed by atoms with Gasteiger partial charge >= 0.3 is 0 Å². The number of ether oxygens (including phenoxy) is 1. The van der Waals surface area contributed by atoms with Crippen molar-refractivity contribution in [3.63, 3.8) is 0 Å². The van der Waals surface area contributed by atoms with Crippen LogP contribution in [0.15, 0.2) is 0 Å². The van der Waals surface area contributed by atoms with Crippen molar-refractivity contribution in [2.45, 2.75) is 59.1 Å². The summed E-state index contributed by atoms with van der Waals surface area (Å²) in [5, 5.41) is 3.32. The highest BCUT2D eigenvalue weighted by Crippen LogP contribution is 2.20. The van der Waals surface area contributed by atoms with Gasteiger partial charge in [0.1, 0.15) is 0 Å². The minimum absolute atomic E-state index is 0.0120. The molecule has 1 atom stereocenters. The molecule has 0 aliphatic carbocycles. The van der Waals surface area contributed by atoms with Crippen LogP contribution in [0.4, 0.5) is 0 Å². The lowest BCUT2D eigenvalue weighted by Gasteiger charge is -2.34. The number of hydrogen-bond donors (Lipinski definition) is 1. The molecule has 14 heavy (non-hydrogen) atoms. The van der Waals surface area contributed by atoms with Gasteiger partial charge in [0.15, 0.2) is 0 Å². The van der Waals surface area contributed by atoms with Crippen molar-refractivity contribution in [3.05, 3.63) is 0 Å². The van der Waals surface area contributed by atoms with E-state index >= 15 is 0 Å². The van der Waals surface area contributed by atoms with Gasteiger partial charge in [-0.2, -0.15) is 0 Å². The fourth-order valence-corrected chi connectivity index (χ4v) is 0.907. The zero-order valence-electron chi connectivity index (χ0n) is 10.9. The average Bonchev–Trinajstić information content (AvgIpc) is 2.14. The fourth-order valence-electron chi connectivity index (χ4n) is 0.907. The standard InChI is InChI=1S/C12H27NO/c1-8-11(3,4)14-9-10(2)12(5,6)13-7/h10,13H,8-9H2,1-7H3. The summed E-state index contributed by atoms with van der Waals surface area (Å²) in [6, 6.07) is 0. The van der Waals surface area contributed by atoms with Crippen LogP contribution in [-0.2, 0) is 4.74 Å². The van der Waals surface area contributed by atoms with E-state index in [1.807, 2.05) is 7.05 Å². The molecular weight excluding hydrogens is 174 g/mol. The average molecular weight is 201 g/mol. The fraction of sp³-hybridized carbons (Fsp3) is 1.00. The first-order chi connectivity index (χ1) is 6.25. The van der Waals surface area contributed by atoms with Crippen molar-refractivity contribution in [1.82, 2.24) is 5.32 Å². The van der Waals surface area contributed by atoms with E-state index in [2.05, 4.69) is 46.9 Å². The maximum absolute atomic E-state index is 5.89. The van der Waals surface area contributed by atoms with E-state index in [1.165, 1.54) is 0 Å². The Kier molecular flexibility index (Phi) is 5.10. The molecule has 1 unspecified atom stereocenters. The second kappa shape index (κ2) is 5.13. The van der Waals surface area contributed by atoms with Gasteiger partial charge in [0.2, 0.25) is 0 Å². The van der Waals surface area contributed by atoms with Crippen molar-refractivity contribution in [1.29, 1.82) is 0 Å². The molecule has 0 aromatic rings. The monoisotopic (exact) mass is 201 g/mol. The van der Waals surface area contributed by atoms with Crippen LogP contribution in [0.5, 0.6) is 0 Å². The van der Waals surface area contributed by atoms with E-state index in [9.17, 15) is 0 Å². The van der Waals surface area contributed by atoms with Crippen molar-refractivity contribution in [2.75, 3.05) is 13.7 Å². The molecule has 0 heterocycles. The van der Waals surface area contributed by atoms with Crippen LogP contribution in [0.25, 0.3) is 0 Å². The third kappa shape index (κ3) is 4.43. The number of nitrogens with one attached hydrogen (secondary N) is 1. The highest BCUT2D eigenvalue weighted by molar-refractivity contribution is 4.82. The van der Waals surface area contributed by atoms with Gasteiger partial charge in [0, 0.05) is 5.54 Å². The molecule has 2 nitrogen and oxygen atoms in total. The van der Waals surface area contributed by atoms with E-state index < -0.39 is 0 Å². The van der Waals surface area contributed by atoms with Gasteiger partial charge in [0.25, 0.3) is 0 Å². The Morgan fingerprint density at radius 1 is 1.21 bits per heavy atom. The predicted octanol–water partition coefficient (Wildman–Crippen LogP) is 2.83. The molecule has 0 aliphatic heterocycles. The van der Waals surface area contributed by atoms with Gasteiger partial charge in [-0.15, -0.1) is 0 Å². The van der Waals surface area contributed by atoms with Gasteiger partial charge in [-0.1, -0.05) is 13.8 Å². The molecule has 0 bridgehead atoms. The first-order valence-corrected chi connectivity index (χ1v) is 5.58. The van der Waals surface area contributed by atoms with Crippen LogP contribution in [0.2, 0.25) is 0 Å². The Bertz CT molecular complexity index is 164. The van der Waals surface area contributed by atoms with Gasteiger partial charge < -0.3 is 10.1 Å². The summed E-state index contributed by atoms with van der Waals surface area (Å²) in [5.41, 5.74) is 0.155. The Morgan fingerprint density at radius 3 is 2.07 bits per heavy atom. The lowest BCUT2D eigenvalue weighted by molar-refractivity contribution is -0.0461. The molecule has 0 aromatic carbocycles. The van der Waals surface area contributed by atoms with Gasteiger partial charge in [-0.25, -0.2) is 0 Å². The molecule has 86 valence electrons. The lowest BCUT2D eigenvalue weighted by atomic mass is 9.90. The Balaban J connectivity index is 4.02. The Labute approximate surface area is 89.4 Å². The molecule has 0 rings (SSSR count). The van der Waals surface area contributed by atoms with E-state index in [4.69, 9.17) is 4.74 Å². The van der Waals surface area contributed by atoms with Crippen LogP contribution in [0, 0.1) is 5.92 Å². The molecule has 1 N–H and O–H groups in total. The van der Waals surface area contributed by atoms with E-state index in [0.717, 1.165) is 13.0 Å². The number of rotatable bonds is 6. The third-order valence-corrected chi connectivity index (χ3v) is 3.45. The van der Waals surface area contributed by atoms with Crippen molar-refractivity contribution in [2.24, 2.45) is 5.92 Å². The maximum Gasteiger partial charge on any atom is 0.0624 e. The minimum Gasteiger partial charge on any atom is -0.375 e. The maximum atomic E-state index is 5.89. The summed E-state index contributed by atoms with van der Waals surface area (Å²) in [5.74, 6) is 0.512. The first kappa shape index (κ1) is 13.9. The summed E-state index contributed by atoms with van der Waals surface area (Å²) < 4.78 is 5.89. The van der Waals surface area contributed by atoms with Crippen LogP contribution < -0.4 is 5.32 Å². The normalized spacial score (nSPS) is 15.6. The molecule has 0 radical (unpaired) electrons. The third-order valence-electron chi connectivity index (χ3n) is 3.45. The summed E-state index contributed by atoms with van der Waals surface area (Å²) in [4.78, 5) is 0. The SMILES string of the molecule is CCC(C)(C)OCC(C)C(C)(C)NC. The molecule has 0 saturated heterocycles. The smallest absolute Gasteiger partial charge is 0.0624 e. The minimum atomic E-state index is 0.0120. The van der Waals surface area contributed by atoms with E-state index in [0.29, 0.717) is 5.92 Å². The van der Waals surface area contributed by atoms with Crippen LogP contribution >= 0.6 is 0 Å². The number of hydrogen-bond acceptors (Lipinski definition) is 2. The van der Waals surface area contributed by atoms with Gasteiger partial charge in [-0.05, 0) is 47.1 Å². The highest BCUT2D eigenvalue weighted by atomic mass is 16.5. The van der Waals surface area contributed by atoms with Crippen LogP contribution in [0.1, 0.15) is 48.0 Å². The molecule has 0 fully saturated rings. The second-order valence-electron chi connectivity index (χ2n) is 5.30. The quantitative estimate of drug-likeness (QED) is 0.713. The van der Waals surface area contributed by atoms with Crippen LogP contribution in [-0.4, -0.2) is 24.8 Å². The molecule has 0 aliphatic rings. The largest absolute Gasteiger partial charge is 0.375 e. The zero-order chi connectivity index (χ0) is 11.4. The van der Waals surface area contributed by atoms with Gasteiger partial charge in [0.05, 0.1) is 12.2 Å². The second-order valence-corrected chi connectivity index (χ2v) is 5.30. The molecule has 0 amide bonds. The van der Waals surface area contributed by atoms with Crippen molar-refractivity contribution in [3.8, 4) is 0 Å². The van der Waals surface area contributed by atoms with Crippen molar-refractivity contribution >= 4 is 0 Å². The topological polar surface area (TPSA) is 21.3 Å². The van der Waals surface area contributed by atoms with E-state index in [-0.39, 0.29) is 11.1 Å². The molecule has 0 aromatic heterocycles. The first-order valence-electron chi connectivity index (χ1n) is 5.58. The molecular formula is C12H27NO. The summed E-state index contributed by atoms with van der Waals surface area (Å²) in [7, 11) is 2.00. The Morgan fingerprint density at radius 2 is 1.71 bits per heavy atom. The Hall–Kier alpha value is -0.0800. The van der Waals surface area contributed by atoms with Gasteiger partial charge in [-0.3, -0.25) is 0 Å². The van der Waals surface area contributed by atoms with E-state index in [1.54, 1.807) is 0 Å². The lowest BCUT2D eigenvalue weighted by Crippen LogP contribution is -2.45.